The van der Waals surface area contributed by atoms with Crippen LogP contribution in [0.3, 0.4) is 0 Å². The van der Waals surface area contributed by atoms with Crippen molar-refractivity contribution in [3.8, 4) is 0 Å². The molecule has 0 aliphatic rings. The molecule has 0 saturated heterocycles. The highest BCUT2D eigenvalue weighted by molar-refractivity contribution is 7.12. The van der Waals surface area contributed by atoms with Gasteiger partial charge in [0.15, 0.2) is 0 Å². The summed E-state index contributed by atoms with van der Waals surface area (Å²) in [7, 11) is 0. The molecule has 2 aromatic rings. The van der Waals surface area contributed by atoms with Crippen molar-refractivity contribution in [2.24, 2.45) is 0 Å². The van der Waals surface area contributed by atoms with Crippen molar-refractivity contribution in [3.63, 3.8) is 0 Å². The van der Waals surface area contributed by atoms with Crippen LogP contribution in [0.5, 0.6) is 0 Å². The molecule has 0 unspecified atom stereocenters. The maximum Gasteiger partial charge on any atom is 0.308 e. The lowest BCUT2D eigenvalue weighted by Crippen LogP contribution is -2.35. The topological polar surface area (TPSA) is 62.2 Å². The van der Waals surface area contributed by atoms with Crippen LogP contribution in [0.1, 0.15) is 28.6 Å². The first kappa shape index (κ1) is 14.2. The number of rotatable bonds is 6. The lowest BCUT2D eigenvalue weighted by molar-refractivity contribution is -0.136. The fourth-order valence-corrected chi connectivity index (χ4v) is 3.37. The zero-order valence-corrected chi connectivity index (χ0v) is 12.5. The van der Waals surface area contributed by atoms with E-state index in [4.69, 9.17) is 5.11 Å². The summed E-state index contributed by atoms with van der Waals surface area (Å²) in [5, 5.41) is 15.2. The Bertz CT molecular complexity index is 547. The zero-order valence-electron chi connectivity index (χ0n) is 10.8. The zero-order chi connectivity index (χ0) is 13.9. The monoisotopic (exact) mass is 296 g/mol. The van der Waals surface area contributed by atoms with Gasteiger partial charge in [0.25, 0.3) is 0 Å². The molecule has 6 heteroatoms. The van der Waals surface area contributed by atoms with Gasteiger partial charge < -0.3 is 10.4 Å². The predicted molar refractivity (Wildman–Crippen MR) is 77.6 cm³/mol. The van der Waals surface area contributed by atoms with Gasteiger partial charge >= 0.3 is 5.97 Å². The van der Waals surface area contributed by atoms with Crippen LogP contribution in [0.2, 0.25) is 0 Å². The highest BCUT2D eigenvalue weighted by atomic mass is 32.1. The van der Waals surface area contributed by atoms with Crippen LogP contribution in [-0.4, -0.2) is 16.1 Å². The number of carbonyl (C=O) groups is 1. The summed E-state index contributed by atoms with van der Waals surface area (Å²) in [6.45, 7) is 4.91. The first-order valence-electron chi connectivity index (χ1n) is 5.92. The maximum absolute atomic E-state index is 10.6. The standard InChI is InChI=1S/C13H16N2O2S2/c1-13(2,12-14-5-6-18-12)15-8-10-4-3-9(19-10)7-11(16)17/h3-6,15H,7-8H2,1-2H3,(H,16,17). The average molecular weight is 296 g/mol. The van der Waals surface area contributed by atoms with Crippen LogP contribution in [0.15, 0.2) is 23.7 Å². The summed E-state index contributed by atoms with van der Waals surface area (Å²) in [4.78, 5) is 17.0. The van der Waals surface area contributed by atoms with E-state index in [9.17, 15) is 4.79 Å². The van der Waals surface area contributed by atoms with Crippen molar-refractivity contribution in [2.45, 2.75) is 32.4 Å². The number of carboxylic acids is 1. The quantitative estimate of drug-likeness (QED) is 0.860. The molecule has 4 nitrogen and oxygen atoms in total. The highest BCUT2D eigenvalue weighted by Crippen LogP contribution is 2.24. The van der Waals surface area contributed by atoms with Gasteiger partial charge in [0.1, 0.15) is 5.01 Å². The predicted octanol–water partition coefficient (Wildman–Crippen LogP) is 2.86. The number of thiophene rings is 1. The average Bonchev–Trinajstić information content (AvgIpc) is 2.96. The molecule has 2 aromatic heterocycles. The van der Waals surface area contributed by atoms with Crippen molar-refractivity contribution in [3.05, 3.63) is 38.5 Å². The third-order valence-corrected chi connectivity index (χ3v) is 4.90. The van der Waals surface area contributed by atoms with Gasteiger partial charge in [-0.2, -0.15) is 0 Å². The molecule has 0 amide bonds. The number of carboxylic acid groups (broad SMARTS) is 1. The minimum absolute atomic E-state index is 0.0978. The van der Waals surface area contributed by atoms with Crippen molar-refractivity contribution in [1.82, 2.24) is 10.3 Å². The molecule has 0 radical (unpaired) electrons. The maximum atomic E-state index is 10.6. The van der Waals surface area contributed by atoms with E-state index in [0.29, 0.717) is 0 Å². The Balaban J connectivity index is 1.95. The smallest absolute Gasteiger partial charge is 0.308 e. The van der Waals surface area contributed by atoms with E-state index in [2.05, 4.69) is 24.1 Å². The van der Waals surface area contributed by atoms with Crippen LogP contribution in [-0.2, 0) is 23.3 Å². The second kappa shape index (κ2) is 5.81. The number of hydrogen-bond donors (Lipinski definition) is 2. The van der Waals surface area contributed by atoms with Crippen LogP contribution in [0, 0.1) is 0 Å². The third-order valence-electron chi connectivity index (χ3n) is 2.71. The highest BCUT2D eigenvalue weighted by Gasteiger charge is 2.22. The normalized spacial score (nSPS) is 11.7. The van der Waals surface area contributed by atoms with E-state index >= 15 is 0 Å². The van der Waals surface area contributed by atoms with Gasteiger partial charge in [-0.1, -0.05) is 0 Å². The minimum Gasteiger partial charge on any atom is -0.481 e. The summed E-state index contributed by atoms with van der Waals surface area (Å²) in [6.07, 6.45) is 1.90. The van der Waals surface area contributed by atoms with Gasteiger partial charge in [0, 0.05) is 27.9 Å². The first-order valence-corrected chi connectivity index (χ1v) is 7.61. The summed E-state index contributed by atoms with van der Waals surface area (Å²) in [5.41, 5.74) is -0.175. The Morgan fingerprint density at radius 3 is 2.79 bits per heavy atom. The number of thiazole rings is 1. The number of nitrogens with one attached hydrogen (secondary N) is 1. The van der Waals surface area contributed by atoms with Gasteiger partial charge in [-0.15, -0.1) is 22.7 Å². The molecular formula is C13H16N2O2S2. The Morgan fingerprint density at radius 1 is 1.42 bits per heavy atom. The number of hydrogen-bond acceptors (Lipinski definition) is 5. The fraction of sp³-hybridized carbons (Fsp3) is 0.385. The van der Waals surface area contributed by atoms with E-state index in [0.717, 1.165) is 21.3 Å². The summed E-state index contributed by atoms with van der Waals surface area (Å²) >= 11 is 3.17. The molecule has 0 spiro atoms. The Labute approximate surface area is 120 Å². The van der Waals surface area contributed by atoms with Gasteiger partial charge in [-0.05, 0) is 26.0 Å². The van der Waals surface area contributed by atoms with E-state index in [-0.39, 0.29) is 12.0 Å². The third kappa shape index (κ3) is 3.86. The van der Waals surface area contributed by atoms with E-state index in [1.54, 1.807) is 17.5 Å². The SMILES string of the molecule is CC(C)(NCc1ccc(CC(=O)O)s1)c1nccs1. The van der Waals surface area contributed by atoms with Gasteiger partial charge in [-0.25, -0.2) is 4.98 Å². The Morgan fingerprint density at radius 2 is 2.16 bits per heavy atom. The lowest BCUT2D eigenvalue weighted by Gasteiger charge is -2.23. The molecule has 102 valence electrons. The van der Waals surface area contributed by atoms with E-state index in [1.165, 1.54) is 11.3 Å². The molecule has 0 aromatic carbocycles. The van der Waals surface area contributed by atoms with Crippen molar-refractivity contribution in [1.29, 1.82) is 0 Å². The molecule has 2 heterocycles. The number of aliphatic carboxylic acids is 1. The number of aromatic nitrogens is 1. The molecule has 0 saturated carbocycles. The van der Waals surface area contributed by atoms with Gasteiger partial charge in [0.05, 0.1) is 12.0 Å². The molecule has 0 atom stereocenters. The lowest BCUT2D eigenvalue weighted by atomic mass is 10.1. The van der Waals surface area contributed by atoms with Gasteiger partial charge in [0.2, 0.25) is 0 Å². The fourth-order valence-electron chi connectivity index (χ4n) is 1.68. The largest absolute Gasteiger partial charge is 0.481 e. The van der Waals surface area contributed by atoms with Crippen LogP contribution in [0.4, 0.5) is 0 Å². The first-order chi connectivity index (χ1) is 8.97. The molecule has 19 heavy (non-hydrogen) atoms. The molecular weight excluding hydrogens is 280 g/mol. The second-order valence-corrected chi connectivity index (χ2v) is 6.90. The van der Waals surface area contributed by atoms with Crippen LogP contribution >= 0.6 is 22.7 Å². The van der Waals surface area contributed by atoms with E-state index < -0.39 is 5.97 Å². The van der Waals surface area contributed by atoms with Crippen molar-refractivity contribution >= 4 is 28.6 Å². The molecule has 0 aliphatic carbocycles. The summed E-state index contributed by atoms with van der Waals surface area (Å²) in [5.74, 6) is -0.788. The summed E-state index contributed by atoms with van der Waals surface area (Å²) < 4.78 is 0. The molecule has 0 bridgehead atoms. The molecule has 0 aliphatic heterocycles. The molecule has 2 rings (SSSR count). The number of nitrogens with zero attached hydrogens (tertiary/aromatic N) is 1. The Kier molecular flexibility index (Phi) is 4.34. The van der Waals surface area contributed by atoms with Crippen LogP contribution in [0.25, 0.3) is 0 Å². The second-order valence-electron chi connectivity index (χ2n) is 4.75. The molecule has 0 fully saturated rings. The minimum atomic E-state index is -0.788. The van der Waals surface area contributed by atoms with Crippen molar-refractivity contribution in [2.75, 3.05) is 0 Å². The molecule has 2 N–H and O–H groups in total. The van der Waals surface area contributed by atoms with Gasteiger partial charge in [-0.3, -0.25) is 4.79 Å². The summed E-state index contributed by atoms with van der Waals surface area (Å²) in [6, 6.07) is 3.86. The van der Waals surface area contributed by atoms with Crippen LogP contribution < -0.4 is 5.32 Å². The Hall–Kier alpha value is -1.24. The van der Waals surface area contributed by atoms with E-state index in [1.807, 2.05) is 17.5 Å². The van der Waals surface area contributed by atoms with Crippen molar-refractivity contribution < 1.29 is 9.90 Å².